The van der Waals surface area contributed by atoms with Gasteiger partial charge >= 0.3 is 5.63 Å². The molecule has 0 aliphatic heterocycles. The van der Waals surface area contributed by atoms with Gasteiger partial charge in [0.15, 0.2) is 0 Å². The Balaban J connectivity index is 1.60. The SMILES string of the molecule is CCc1noc(C)c1COc1nc2oc(=O)cc(CCC3CCCC3)c2c(=O)[nH]1. The summed E-state index contributed by atoms with van der Waals surface area (Å²) in [5, 5.41) is 4.31. The number of fused-ring (bicyclic) bond motifs is 1. The lowest BCUT2D eigenvalue weighted by Gasteiger charge is -2.10. The molecule has 4 rings (SSSR count). The molecule has 0 saturated heterocycles. The molecule has 0 unspecified atom stereocenters. The summed E-state index contributed by atoms with van der Waals surface area (Å²) in [6.45, 7) is 3.92. The van der Waals surface area contributed by atoms with E-state index in [0.717, 1.165) is 17.7 Å². The summed E-state index contributed by atoms with van der Waals surface area (Å²) in [5.41, 5.74) is 1.44. The predicted molar refractivity (Wildman–Crippen MR) is 106 cm³/mol. The third kappa shape index (κ3) is 4.11. The summed E-state index contributed by atoms with van der Waals surface area (Å²) in [4.78, 5) is 31.6. The van der Waals surface area contributed by atoms with Crippen molar-refractivity contribution in [1.29, 1.82) is 0 Å². The molecule has 29 heavy (non-hydrogen) atoms. The van der Waals surface area contributed by atoms with E-state index in [-0.39, 0.29) is 23.9 Å². The van der Waals surface area contributed by atoms with E-state index in [4.69, 9.17) is 13.7 Å². The molecule has 1 N–H and O–H groups in total. The zero-order chi connectivity index (χ0) is 20.4. The van der Waals surface area contributed by atoms with Gasteiger partial charge in [-0.3, -0.25) is 9.78 Å². The van der Waals surface area contributed by atoms with Crippen molar-refractivity contribution in [2.75, 3.05) is 0 Å². The van der Waals surface area contributed by atoms with Crippen molar-refractivity contribution in [2.45, 2.75) is 65.4 Å². The Hall–Kier alpha value is -2.90. The number of aryl methyl sites for hydroxylation is 3. The third-order valence-corrected chi connectivity index (χ3v) is 5.73. The molecule has 0 atom stereocenters. The minimum absolute atomic E-state index is 0.00115. The monoisotopic (exact) mass is 399 g/mol. The first-order valence-corrected chi connectivity index (χ1v) is 10.2. The number of aromatic nitrogens is 3. The van der Waals surface area contributed by atoms with Gasteiger partial charge in [0.2, 0.25) is 5.71 Å². The maximum absolute atomic E-state index is 12.7. The summed E-state index contributed by atoms with van der Waals surface area (Å²) >= 11 is 0. The number of nitrogens with one attached hydrogen (secondary N) is 1. The average Bonchev–Trinajstić information content (AvgIpc) is 3.33. The summed E-state index contributed by atoms with van der Waals surface area (Å²) in [5.74, 6) is 1.32. The zero-order valence-electron chi connectivity index (χ0n) is 16.7. The molecule has 0 bridgehead atoms. The van der Waals surface area contributed by atoms with Crippen LogP contribution < -0.4 is 15.9 Å². The first kappa shape index (κ1) is 19.4. The molecule has 0 aromatic carbocycles. The number of ether oxygens (including phenoxy) is 1. The van der Waals surface area contributed by atoms with Gasteiger partial charge in [-0.05, 0) is 37.7 Å². The fourth-order valence-electron chi connectivity index (χ4n) is 4.09. The number of hydrogen-bond acceptors (Lipinski definition) is 7. The summed E-state index contributed by atoms with van der Waals surface area (Å²) in [7, 11) is 0. The van der Waals surface area contributed by atoms with Crippen LogP contribution in [0.15, 0.2) is 24.6 Å². The van der Waals surface area contributed by atoms with Gasteiger partial charge in [-0.1, -0.05) is 37.8 Å². The molecule has 1 saturated carbocycles. The highest BCUT2D eigenvalue weighted by molar-refractivity contribution is 5.75. The van der Waals surface area contributed by atoms with Gasteiger partial charge in [0, 0.05) is 6.07 Å². The van der Waals surface area contributed by atoms with Gasteiger partial charge in [0.25, 0.3) is 11.6 Å². The molecule has 3 aromatic rings. The third-order valence-electron chi connectivity index (χ3n) is 5.73. The van der Waals surface area contributed by atoms with E-state index in [2.05, 4.69) is 15.1 Å². The Kier molecular flexibility index (Phi) is 5.51. The lowest BCUT2D eigenvalue weighted by molar-refractivity contribution is 0.276. The Morgan fingerprint density at radius 3 is 2.83 bits per heavy atom. The molecule has 8 heteroatoms. The van der Waals surface area contributed by atoms with Crippen molar-refractivity contribution in [3.8, 4) is 6.01 Å². The standard InChI is InChI=1S/C21H25N3O5/c1-3-16-15(12(2)29-24-16)11-27-21-22-19(26)18-14(9-8-13-6-4-5-7-13)10-17(25)28-20(18)23-21/h10,13H,3-9,11H2,1-2H3,(H,22,23,26). The number of hydrogen-bond donors (Lipinski definition) is 1. The Morgan fingerprint density at radius 2 is 2.07 bits per heavy atom. The second-order valence-electron chi connectivity index (χ2n) is 7.64. The molecule has 0 amide bonds. The van der Waals surface area contributed by atoms with Crippen LogP contribution in [0.3, 0.4) is 0 Å². The second kappa shape index (κ2) is 8.23. The summed E-state index contributed by atoms with van der Waals surface area (Å²) in [6, 6.07) is 1.41. The van der Waals surface area contributed by atoms with Crippen molar-refractivity contribution in [3.05, 3.63) is 49.4 Å². The van der Waals surface area contributed by atoms with Crippen LogP contribution in [-0.4, -0.2) is 15.1 Å². The van der Waals surface area contributed by atoms with E-state index in [1.54, 1.807) is 6.92 Å². The maximum Gasteiger partial charge on any atom is 0.337 e. The van der Waals surface area contributed by atoms with Gasteiger partial charge in [-0.2, -0.15) is 4.98 Å². The van der Waals surface area contributed by atoms with Gasteiger partial charge in [0.05, 0.1) is 11.3 Å². The number of nitrogens with zero attached hydrogens (tertiary/aromatic N) is 2. The van der Waals surface area contributed by atoms with E-state index in [9.17, 15) is 9.59 Å². The molecule has 3 heterocycles. The molecule has 0 spiro atoms. The summed E-state index contributed by atoms with van der Waals surface area (Å²) in [6.07, 6.45) is 7.28. The van der Waals surface area contributed by atoms with Crippen LogP contribution in [0.4, 0.5) is 0 Å². The number of aromatic amines is 1. The minimum atomic E-state index is -0.508. The highest BCUT2D eigenvalue weighted by Gasteiger charge is 2.19. The van der Waals surface area contributed by atoms with Crippen LogP contribution in [0.1, 0.15) is 61.6 Å². The largest absolute Gasteiger partial charge is 0.460 e. The molecular formula is C21H25N3O5. The molecule has 1 aliphatic carbocycles. The van der Waals surface area contributed by atoms with Gasteiger partial charge < -0.3 is 13.7 Å². The molecule has 0 radical (unpaired) electrons. The van der Waals surface area contributed by atoms with E-state index in [1.807, 2.05) is 6.92 Å². The number of H-pyrrole nitrogens is 1. The van der Waals surface area contributed by atoms with Gasteiger partial charge in [-0.25, -0.2) is 4.79 Å². The molecule has 154 valence electrons. The smallest absolute Gasteiger partial charge is 0.337 e. The second-order valence-corrected chi connectivity index (χ2v) is 7.64. The van der Waals surface area contributed by atoms with Crippen molar-refractivity contribution < 1.29 is 13.7 Å². The molecule has 1 fully saturated rings. The van der Waals surface area contributed by atoms with Crippen LogP contribution in [0.5, 0.6) is 6.01 Å². The Labute approximate surface area is 167 Å². The van der Waals surface area contributed by atoms with Crippen molar-refractivity contribution in [1.82, 2.24) is 15.1 Å². The summed E-state index contributed by atoms with van der Waals surface area (Å²) < 4.78 is 16.0. The van der Waals surface area contributed by atoms with E-state index < -0.39 is 5.63 Å². The molecule has 3 aromatic heterocycles. The maximum atomic E-state index is 12.7. The van der Waals surface area contributed by atoms with E-state index >= 15 is 0 Å². The van der Waals surface area contributed by atoms with Crippen LogP contribution in [0.25, 0.3) is 11.1 Å². The Morgan fingerprint density at radius 1 is 1.28 bits per heavy atom. The van der Waals surface area contributed by atoms with Crippen molar-refractivity contribution >= 4 is 11.1 Å². The zero-order valence-corrected chi connectivity index (χ0v) is 16.7. The quantitative estimate of drug-likeness (QED) is 0.648. The first-order chi connectivity index (χ1) is 14.0. The molecular weight excluding hydrogens is 374 g/mol. The van der Waals surface area contributed by atoms with Crippen LogP contribution in [0, 0.1) is 12.8 Å². The highest BCUT2D eigenvalue weighted by atomic mass is 16.5. The topological polar surface area (TPSA) is 111 Å². The lowest BCUT2D eigenvalue weighted by atomic mass is 9.97. The normalized spacial score (nSPS) is 14.7. The van der Waals surface area contributed by atoms with Crippen LogP contribution in [0.2, 0.25) is 0 Å². The van der Waals surface area contributed by atoms with Crippen molar-refractivity contribution in [3.63, 3.8) is 0 Å². The van der Waals surface area contributed by atoms with Crippen molar-refractivity contribution in [2.24, 2.45) is 5.92 Å². The lowest BCUT2D eigenvalue weighted by Crippen LogP contribution is -2.16. The van der Waals surface area contributed by atoms with Gasteiger partial charge in [-0.15, -0.1) is 0 Å². The predicted octanol–water partition coefficient (Wildman–Crippen LogP) is 3.44. The first-order valence-electron chi connectivity index (χ1n) is 10.2. The Bertz CT molecular complexity index is 1120. The fourth-order valence-corrected chi connectivity index (χ4v) is 4.09. The number of rotatable bonds is 7. The average molecular weight is 399 g/mol. The fraction of sp³-hybridized carbons (Fsp3) is 0.524. The highest BCUT2D eigenvalue weighted by Crippen LogP contribution is 2.29. The van der Waals surface area contributed by atoms with E-state index in [1.165, 1.54) is 31.7 Å². The van der Waals surface area contributed by atoms with Crippen LogP contribution in [-0.2, 0) is 19.4 Å². The van der Waals surface area contributed by atoms with Crippen LogP contribution >= 0.6 is 0 Å². The molecule has 1 aliphatic rings. The minimum Gasteiger partial charge on any atom is -0.460 e. The molecule has 8 nitrogen and oxygen atoms in total. The van der Waals surface area contributed by atoms with E-state index in [0.29, 0.717) is 35.5 Å². The van der Waals surface area contributed by atoms with Gasteiger partial charge in [0.1, 0.15) is 17.8 Å².